The maximum absolute atomic E-state index is 9.74. The normalized spacial score (nSPS) is 59.5. The van der Waals surface area contributed by atoms with Crippen LogP contribution in [0.1, 0.15) is 44.9 Å². The molecule has 2 heteroatoms. The van der Waals surface area contributed by atoms with Crippen LogP contribution in [0.4, 0.5) is 0 Å². The van der Waals surface area contributed by atoms with E-state index < -0.39 is 0 Å². The fourth-order valence-electron chi connectivity index (χ4n) is 4.68. The summed E-state index contributed by atoms with van der Waals surface area (Å²) in [5.74, 6) is 0. The van der Waals surface area contributed by atoms with Crippen LogP contribution in [0.2, 0.25) is 0 Å². The van der Waals surface area contributed by atoms with Gasteiger partial charge in [0, 0.05) is 0 Å². The molecule has 3 aliphatic carbocycles. The summed E-state index contributed by atoms with van der Waals surface area (Å²) in [6.07, 6.45) is 7.52. The topological polar surface area (TPSA) is 40.5 Å². The van der Waals surface area contributed by atoms with Gasteiger partial charge < -0.3 is 10.2 Å². The second-order valence-electron chi connectivity index (χ2n) is 5.54. The fourth-order valence-corrected chi connectivity index (χ4v) is 4.68. The lowest BCUT2D eigenvalue weighted by Gasteiger charge is -2.32. The molecule has 0 atom stereocenters. The summed E-state index contributed by atoms with van der Waals surface area (Å²) in [6, 6.07) is 0. The third kappa shape index (κ3) is 0.861. The first-order chi connectivity index (χ1) is 6.16. The van der Waals surface area contributed by atoms with Gasteiger partial charge in [-0.3, -0.25) is 0 Å². The maximum Gasteiger partial charge on any atom is 0.0551 e. The van der Waals surface area contributed by atoms with Crippen LogP contribution in [-0.2, 0) is 0 Å². The molecule has 0 unspecified atom stereocenters. The molecule has 3 rings (SSSR count). The van der Waals surface area contributed by atoms with E-state index in [4.69, 9.17) is 0 Å². The highest BCUT2D eigenvalue weighted by Crippen LogP contribution is 2.70. The van der Waals surface area contributed by atoms with Gasteiger partial charge in [0.1, 0.15) is 0 Å². The molecule has 0 aromatic carbocycles. The van der Waals surface area contributed by atoms with Crippen LogP contribution in [0.15, 0.2) is 0 Å². The predicted octanol–water partition coefficient (Wildman–Crippen LogP) is 1.45. The number of hydrogen-bond acceptors (Lipinski definition) is 2. The summed E-state index contributed by atoms with van der Waals surface area (Å²) in [6.45, 7) is 0. The van der Waals surface area contributed by atoms with Crippen LogP contribution in [0.3, 0.4) is 0 Å². The Morgan fingerprint density at radius 2 is 1.15 bits per heavy atom. The summed E-state index contributed by atoms with van der Waals surface area (Å²) < 4.78 is 0. The second-order valence-corrected chi connectivity index (χ2v) is 5.54. The number of aliphatic hydroxyl groups excluding tert-OH is 2. The minimum absolute atomic E-state index is 0.0761. The van der Waals surface area contributed by atoms with E-state index in [9.17, 15) is 10.2 Å². The van der Waals surface area contributed by atoms with Crippen LogP contribution < -0.4 is 0 Å². The van der Waals surface area contributed by atoms with Crippen molar-refractivity contribution in [1.82, 2.24) is 0 Å². The molecule has 0 amide bonds. The number of rotatable bonds is 0. The predicted molar refractivity (Wildman–Crippen MR) is 49.2 cm³/mol. The summed E-state index contributed by atoms with van der Waals surface area (Å²) in [7, 11) is 0. The first-order valence-electron chi connectivity index (χ1n) is 5.52. The Kier molecular flexibility index (Phi) is 1.45. The first kappa shape index (κ1) is 8.25. The minimum atomic E-state index is -0.0761. The van der Waals surface area contributed by atoms with E-state index in [1.165, 1.54) is 19.3 Å². The molecule has 3 fully saturated rings. The Balaban J connectivity index is 2.00. The summed E-state index contributed by atoms with van der Waals surface area (Å²) in [5, 5.41) is 19.5. The molecule has 3 aliphatic rings. The van der Waals surface area contributed by atoms with Gasteiger partial charge in [-0.05, 0) is 49.4 Å². The van der Waals surface area contributed by atoms with Gasteiger partial charge in [0.25, 0.3) is 0 Å². The molecule has 0 heterocycles. The van der Waals surface area contributed by atoms with Gasteiger partial charge in [0.2, 0.25) is 0 Å². The molecule has 13 heavy (non-hydrogen) atoms. The molecule has 2 N–H and O–H groups in total. The van der Waals surface area contributed by atoms with E-state index in [1.54, 1.807) is 0 Å². The van der Waals surface area contributed by atoms with Crippen molar-refractivity contribution in [3.05, 3.63) is 0 Å². The maximum atomic E-state index is 9.74. The molecular formula is C11H18O2. The highest BCUT2D eigenvalue weighted by molar-refractivity contribution is 5.14. The lowest BCUT2D eigenvalue weighted by molar-refractivity contribution is 0.113. The van der Waals surface area contributed by atoms with Crippen molar-refractivity contribution < 1.29 is 10.2 Å². The zero-order valence-electron chi connectivity index (χ0n) is 8.00. The minimum Gasteiger partial charge on any atom is -0.393 e. The van der Waals surface area contributed by atoms with Gasteiger partial charge in [0.05, 0.1) is 12.2 Å². The van der Waals surface area contributed by atoms with Crippen LogP contribution in [-0.4, -0.2) is 22.4 Å². The van der Waals surface area contributed by atoms with E-state index >= 15 is 0 Å². The van der Waals surface area contributed by atoms with Crippen molar-refractivity contribution in [3.8, 4) is 0 Å². The smallest absolute Gasteiger partial charge is 0.0551 e. The molecule has 0 spiro atoms. The molecule has 0 radical (unpaired) electrons. The van der Waals surface area contributed by atoms with Gasteiger partial charge in [-0.1, -0.05) is 6.42 Å². The SMILES string of the molecule is OC1CC23CCCC2(C1)CC(O)C3. The quantitative estimate of drug-likeness (QED) is 0.595. The van der Waals surface area contributed by atoms with E-state index in [2.05, 4.69) is 0 Å². The van der Waals surface area contributed by atoms with Crippen molar-refractivity contribution in [2.75, 3.05) is 0 Å². The molecule has 0 aromatic heterocycles. The van der Waals surface area contributed by atoms with Gasteiger partial charge in [-0.15, -0.1) is 0 Å². The van der Waals surface area contributed by atoms with Crippen LogP contribution in [0.5, 0.6) is 0 Å². The molecule has 2 nitrogen and oxygen atoms in total. The third-order valence-corrected chi connectivity index (χ3v) is 4.94. The first-order valence-corrected chi connectivity index (χ1v) is 5.52. The highest BCUT2D eigenvalue weighted by atomic mass is 16.3. The Bertz CT molecular complexity index is 200. The average molecular weight is 182 g/mol. The van der Waals surface area contributed by atoms with E-state index in [-0.39, 0.29) is 12.2 Å². The van der Waals surface area contributed by atoms with Crippen molar-refractivity contribution in [3.63, 3.8) is 0 Å². The fraction of sp³-hybridized carbons (Fsp3) is 1.00. The van der Waals surface area contributed by atoms with Crippen LogP contribution in [0, 0.1) is 10.8 Å². The van der Waals surface area contributed by atoms with Crippen molar-refractivity contribution in [2.24, 2.45) is 10.8 Å². The summed E-state index contributed by atoms with van der Waals surface area (Å²) in [4.78, 5) is 0. The zero-order valence-corrected chi connectivity index (χ0v) is 8.00. The van der Waals surface area contributed by atoms with Gasteiger partial charge in [-0.2, -0.15) is 0 Å². The van der Waals surface area contributed by atoms with E-state index in [0.717, 1.165) is 25.7 Å². The van der Waals surface area contributed by atoms with Crippen molar-refractivity contribution in [2.45, 2.75) is 57.2 Å². The van der Waals surface area contributed by atoms with Gasteiger partial charge in [-0.25, -0.2) is 0 Å². The Labute approximate surface area is 79.0 Å². The average Bonchev–Trinajstić information content (AvgIpc) is 2.42. The van der Waals surface area contributed by atoms with Crippen molar-refractivity contribution >= 4 is 0 Å². The molecule has 0 aliphatic heterocycles. The Morgan fingerprint density at radius 1 is 0.769 bits per heavy atom. The molecule has 74 valence electrons. The summed E-state index contributed by atoms with van der Waals surface area (Å²) >= 11 is 0. The third-order valence-electron chi connectivity index (χ3n) is 4.94. The van der Waals surface area contributed by atoms with Gasteiger partial charge in [0.15, 0.2) is 0 Å². The van der Waals surface area contributed by atoms with Gasteiger partial charge >= 0.3 is 0 Å². The van der Waals surface area contributed by atoms with Crippen LogP contribution in [0.25, 0.3) is 0 Å². The molecule has 3 saturated carbocycles. The van der Waals surface area contributed by atoms with Crippen molar-refractivity contribution in [1.29, 1.82) is 0 Å². The van der Waals surface area contributed by atoms with E-state index in [0.29, 0.717) is 10.8 Å². The zero-order chi connectivity index (χ0) is 9.10. The summed E-state index contributed by atoms with van der Waals surface area (Å²) in [5.41, 5.74) is 0.678. The standard InChI is InChI=1S/C11H18O2/c12-8-4-10-2-1-3-11(10,6-8)7-9(13)5-10/h8-9,12-13H,1-7H2. The largest absolute Gasteiger partial charge is 0.393 e. The Hall–Kier alpha value is -0.0800. The highest BCUT2D eigenvalue weighted by Gasteiger charge is 2.64. The molecule has 0 bridgehead atoms. The molecular weight excluding hydrogens is 164 g/mol. The van der Waals surface area contributed by atoms with E-state index in [1.807, 2.05) is 0 Å². The monoisotopic (exact) mass is 182 g/mol. The lowest BCUT2D eigenvalue weighted by Crippen LogP contribution is -2.25. The number of hydrogen-bond donors (Lipinski definition) is 2. The van der Waals surface area contributed by atoms with Crippen LogP contribution >= 0.6 is 0 Å². The second kappa shape index (κ2) is 2.29. The molecule has 0 saturated heterocycles. The Morgan fingerprint density at radius 3 is 1.54 bits per heavy atom. The lowest BCUT2D eigenvalue weighted by atomic mass is 9.71. The number of aliphatic hydroxyl groups is 2. The molecule has 0 aromatic rings.